The highest BCUT2D eigenvalue weighted by Crippen LogP contribution is 2.31. The van der Waals surface area contributed by atoms with Gasteiger partial charge in [0, 0.05) is 5.56 Å². The third-order valence-corrected chi connectivity index (χ3v) is 3.39. The molecule has 6 heteroatoms. The summed E-state index contributed by atoms with van der Waals surface area (Å²) in [7, 11) is 1.58. The van der Waals surface area contributed by atoms with Crippen LogP contribution < -0.4 is 4.74 Å². The molecule has 0 saturated heterocycles. The lowest BCUT2D eigenvalue weighted by Crippen LogP contribution is -2.14. The Morgan fingerprint density at radius 1 is 1.15 bits per heavy atom. The number of hydrogen-bond donors (Lipinski definition) is 1. The van der Waals surface area contributed by atoms with Crippen molar-refractivity contribution >= 4 is 17.7 Å². The van der Waals surface area contributed by atoms with Crippen molar-refractivity contribution in [1.29, 1.82) is 0 Å². The molecule has 1 N–H and O–H groups in total. The van der Waals surface area contributed by atoms with E-state index in [0.717, 1.165) is 12.0 Å². The van der Waals surface area contributed by atoms with Gasteiger partial charge in [0.05, 0.1) is 13.5 Å². The molecule has 1 rings (SSSR count). The molecule has 0 amide bonds. The molecule has 0 bridgehead atoms. The molecule has 0 spiro atoms. The maximum Gasteiger partial charge on any atom is 0.313 e. The van der Waals surface area contributed by atoms with Crippen molar-refractivity contribution in [3.8, 4) is 5.75 Å². The Hall–Kier alpha value is -2.37. The molecule has 1 unspecified atom stereocenters. The maximum atomic E-state index is 11.6. The molecule has 0 fully saturated rings. The predicted octanol–water partition coefficient (Wildman–Crippen LogP) is 4.57. The van der Waals surface area contributed by atoms with Crippen LogP contribution in [0.15, 0.2) is 24.3 Å². The fraction of sp³-hybridized carbons (Fsp3) is 0.571. The van der Waals surface area contributed by atoms with Gasteiger partial charge < -0.3 is 14.6 Å². The third-order valence-electron chi connectivity index (χ3n) is 3.39. The van der Waals surface area contributed by atoms with Crippen molar-refractivity contribution in [1.82, 2.24) is 0 Å². The first kappa shape index (κ1) is 24.6. The molecule has 0 radical (unpaired) electrons. The largest absolute Gasteiger partial charge is 0.496 e. The van der Waals surface area contributed by atoms with Crippen LogP contribution in [0.1, 0.15) is 72.0 Å². The number of aliphatic carboxylic acids is 1. The Bertz CT molecular complexity index is 615. The number of methoxy groups -OCH3 is 1. The smallest absolute Gasteiger partial charge is 0.313 e. The number of carbonyl (C=O) groups excluding carboxylic acids is 2. The minimum atomic E-state index is -0.725. The summed E-state index contributed by atoms with van der Waals surface area (Å²) in [5.41, 5.74) is 0.759. The fourth-order valence-corrected chi connectivity index (χ4v) is 2.33. The zero-order valence-corrected chi connectivity index (χ0v) is 17.2. The number of Topliss-reactive ketones (excluding diaryl/α,β-unsaturated/α-hetero) is 1. The average Bonchev–Trinajstić information content (AvgIpc) is 2.52. The van der Waals surface area contributed by atoms with Crippen LogP contribution in [-0.2, 0) is 19.1 Å². The normalized spacial score (nSPS) is 11.6. The van der Waals surface area contributed by atoms with E-state index in [4.69, 9.17) is 14.6 Å². The predicted molar refractivity (Wildman–Crippen MR) is 104 cm³/mol. The molecule has 0 heterocycles. The Balaban J connectivity index is 0.000000713. The van der Waals surface area contributed by atoms with Gasteiger partial charge in [0.15, 0.2) is 0 Å². The highest BCUT2D eigenvalue weighted by Gasteiger charge is 2.20. The summed E-state index contributed by atoms with van der Waals surface area (Å²) in [5, 5.41) is 8.25. The topological polar surface area (TPSA) is 89.9 Å². The summed E-state index contributed by atoms with van der Waals surface area (Å²) in [6.07, 6.45) is 1.26. The molecule has 152 valence electrons. The first-order valence-corrected chi connectivity index (χ1v) is 9.03. The molecule has 1 aromatic rings. The molecule has 1 atom stereocenters. The second kappa shape index (κ2) is 12.1. The van der Waals surface area contributed by atoms with Crippen molar-refractivity contribution in [2.24, 2.45) is 5.41 Å². The molecule has 0 aliphatic rings. The number of esters is 1. The van der Waals surface area contributed by atoms with Gasteiger partial charge in [-0.1, -0.05) is 52.3 Å². The number of hydrogen-bond acceptors (Lipinski definition) is 5. The molecule has 1 aromatic carbocycles. The van der Waals surface area contributed by atoms with Gasteiger partial charge in [-0.2, -0.15) is 0 Å². The molecule has 27 heavy (non-hydrogen) atoms. The van der Waals surface area contributed by atoms with E-state index in [9.17, 15) is 14.4 Å². The van der Waals surface area contributed by atoms with Gasteiger partial charge >= 0.3 is 11.9 Å². The summed E-state index contributed by atoms with van der Waals surface area (Å²) in [6.45, 7) is 9.10. The zero-order valence-electron chi connectivity index (χ0n) is 17.2. The molecular weight excluding hydrogens is 348 g/mol. The summed E-state index contributed by atoms with van der Waals surface area (Å²) < 4.78 is 10.7. The Morgan fingerprint density at radius 2 is 1.74 bits per heavy atom. The highest BCUT2D eigenvalue weighted by molar-refractivity contribution is 5.94. The van der Waals surface area contributed by atoms with Crippen molar-refractivity contribution in [2.45, 2.75) is 66.4 Å². The number of carboxylic acids is 1. The second-order valence-corrected chi connectivity index (χ2v) is 7.52. The lowest BCUT2D eigenvalue weighted by atomic mass is 9.93. The fourth-order valence-electron chi connectivity index (χ4n) is 2.33. The van der Waals surface area contributed by atoms with E-state index in [1.807, 2.05) is 52.0 Å². The van der Waals surface area contributed by atoms with E-state index in [-0.39, 0.29) is 30.1 Å². The SMILES string of the molecule is CC(C)(C)CC(=O)O.CCCC(OC(=O)CC(C)=O)c1ccccc1OC. The quantitative estimate of drug-likeness (QED) is 0.525. The van der Waals surface area contributed by atoms with Crippen LogP contribution in [0.5, 0.6) is 5.75 Å². The van der Waals surface area contributed by atoms with Crippen molar-refractivity contribution in [3.63, 3.8) is 0 Å². The van der Waals surface area contributed by atoms with Gasteiger partial charge in [0.2, 0.25) is 0 Å². The number of benzene rings is 1. The number of rotatable bonds is 8. The second-order valence-electron chi connectivity index (χ2n) is 7.52. The molecule has 0 aliphatic carbocycles. The molecule has 6 nitrogen and oxygen atoms in total. The van der Waals surface area contributed by atoms with Crippen LogP contribution in [0.3, 0.4) is 0 Å². The summed E-state index contributed by atoms with van der Waals surface area (Å²) in [4.78, 5) is 32.6. The number of para-hydroxylation sites is 1. The standard InChI is InChI=1S/C15H20O4.C6H12O2/c1-4-7-14(19-15(17)10-11(2)16)12-8-5-6-9-13(12)18-3;1-6(2,3)4-5(7)8/h5-6,8-9,14H,4,7,10H2,1-3H3;4H2,1-3H3,(H,7,8). The lowest BCUT2D eigenvalue weighted by Gasteiger charge is -2.19. The van der Waals surface area contributed by atoms with E-state index in [2.05, 4.69) is 0 Å². The minimum absolute atomic E-state index is 0.0775. The van der Waals surface area contributed by atoms with Crippen LogP contribution in [-0.4, -0.2) is 29.9 Å². The molecule has 0 aromatic heterocycles. The van der Waals surface area contributed by atoms with Gasteiger partial charge in [-0.25, -0.2) is 0 Å². The van der Waals surface area contributed by atoms with Crippen LogP contribution >= 0.6 is 0 Å². The van der Waals surface area contributed by atoms with Crippen LogP contribution in [0.25, 0.3) is 0 Å². The van der Waals surface area contributed by atoms with E-state index in [0.29, 0.717) is 12.2 Å². The average molecular weight is 380 g/mol. The summed E-state index contributed by atoms with van der Waals surface area (Å²) in [6, 6.07) is 7.44. The molecular formula is C21H32O6. The van der Waals surface area contributed by atoms with Gasteiger partial charge in [0.25, 0.3) is 0 Å². The van der Waals surface area contributed by atoms with E-state index >= 15 is 0 Å². The van der Waals surface area contributed by atoms with Crippen LogP contribution in [0.2, 0.25) is 0 Å². The van der Waals surface area contributed by atoms with Crippen LogP contribution in [0.4, 0.5) is 0 Å². The monoisotopic (exact) mass is 380 g/mol. The molecule has 0 aliphatic heterocycles. The third kappa shape index (κ3) is 11.8. The van der Waals surface area contributed by atoms with Crippen molar-refractivity contribution in [3.05, 3.63) is 29.8 Å². The number of carboxylic acid groups (broad SMARTS) is 1. The Kier molecular flexibility index (Phi) is 11.0. The Labute approximate surface area is 161 Å². The number of ketones is 1. The van der Waals surface area contributed by atoms with Gasteiger partial charge in [0.1, 0.15) is 24.1 Å². The number of carbonyl (C=O) groups is 3. The van der Waals surface area contributed by atoms with E-state index in [1.165, 1.54) is 6.92 Å². The number of ether oxygens (including phenoxy) is 2. The lowest BCUT2D eigenvalue weighted by molar-refractivity contribution is -0.151. The summed E-state index contributed by atoms with van der Waals surface area (Å²) >= 11 is 0. The highest BCUT2D eigenvalue weighted by atomic mass is 16.5. The minimum Gasteiger partial charge on any atom is -0.496 e. The zero-order chi connectivity index (χ0) is 21.0. The van der Waals surface area contributed by atoms with E-state index < -0.39 is 11.9 Å². The summed E-state index contributed by atoms with van der Waals surface area (Å²) in [5.74, 6) is -0.716. The maximum absolute atomic E-state index is 11.6. The van der Waals surface area contributed by atoms with Gasteiger partial charge in [-0.15, -0.1) is 0 Å². The van der Waals surface area contributed by atoms with Crippen molar-refractivity contribution < 1.29 is 29.0 Å². The van der Waals surface area contributed by atoms with Crippen molar-refractivity contribution in [2.75, 3.05) is 7.11 Å². The van der Waals surface area contributed by atoms with E-state index in [1.54, 1.807) is 7.11 Å². The first-order valence-electron chi connectivity index (χ1n) is 9.03. The van der Waals surface area contributed by atoms with Gasteiger partial charge in [-0.3, -0.25) is 14.4 Å². The van der Waals surface area contributed by atoms with Gasteiger partial charge in [-0.05, 0) is 24.8 Å². The van der Waals surface area contributed by atoms with Crippen LogP contribution in [0, 0.1) is 5.41 Å². The first-order chi connectivity index (χ1) is 12.5. The molecule has 0 saturated carbocycles. The Morgan fingerprint density at radius 3 is 2.15 bits per heavy atom.